The van der Waals surface area contributed by atoms with E-state index in [1.165, 1.54) is 16.4 Å². The molecular formula is C29H27ClN2O4S. The Morgan fingerprint density at radius 2 is 1.46 bits per heavy atom. The maximum Gasteiger partial charge on any atom is 0.258 e. The van der Waals surface area contributed by atoms with E-state index >= 15 is 0 Å². The summed E-state index contributed by atoms with van der Waals surface area (Å²) < 4.78 is 33.9. The zero-order valence-corrected chi connectivity index (χ0v) is 22.1. The molecule has 8 heteroatoms. The molecule has 0 fully saturated rings. The summed E-state index contributed by atoms with van der Waals surface area (Å²) >= 11 is 5.98. The molecule has 0 unspecified atom stereocenters. The number of amides is 1. The number of methoxy groups -OCH3 is 1. The standard InChI is InChI=1S/C29H27ClN2O4S/c1-31(26-8-4-3-5-9-26)29(33)24-13-11-22(12-14-24)20-32(21-23-7-6-10-27(19-23)36-2)37(34,35)28-17-15-25(30)16-18-28/h3-19H,20-21H2,1-2H3. The molecule has 0 saturated carbocycles. The van der Waals surface area contributed by atoms with Gasteiger partial charge in [0.2, 0.25) is 10.0 Å². The van der Waals surface area contributed by atoms with Gasteiger partial charge < -0.3 is 9.64 Å². The van der Waals surface area contributed by atoms with Gasteiger partial charge in [-0.05, 0) is 71.8 Å². The molecule has 37 heavy (non-hydrogen) atoms. The molecule has 0 spiro atoms. The van der Waals surface area contributed by atoms with Crippen molar-refractivity contribution in [3.8, 4) is 5.75 Å². The first-order valence-electron chi connectivity index (χ1n) is 11.6. The number of halogens is 1. The van der Waals surface area contributed by atoms with E-state index < -0.39 is 10.0 Å². The van der Waals surface area contributed by atoms with Gasteiger partial charge >= 0.3 is 0 Å². The molecule has 0 aliphatic rings. The smallest absolute Gasteiger partial charge is 0.258 e. The molecule has 0 atom stereocenters. The molecule has 0 saturated heterocycles. The van der Waals surface area contributed by atoms with Crippen LogP contribution < -0.4 is 9.64 Å². The minimum Gasteiger partial charge on any atom is -0.497 e. The van der Waals surface area contributed by atoms with Gasteiger partial charge in [-0.25, -0.2) is 8.42 Å². The van der Waals surface area contributed by atoms with Crippen LogP contribution >= 0.6 is 11.6 Å². The van der Waals surface area contributed by atoms with Crippen LogP contribution in [0.5, 0.6) is 5.75 Å². The Balaban J connectivity index is 1.60. The van der Waals surface area contributed by atoms with Crippen molar-refractivity contribution in [2.75, 3.05) is 19.1 Å². The minimum absolute atomic E-state index is 0.116. The molecule has 6 nitrogen and oxygen atoms in total. The lowest BCUT2D eigenvalue weighted by Crippen LogP contribution is -2.30. The number of ether oxygens (including phenoxy) is 1. The monoisotopic (exact) mass is 534 g/mol. The highest BCUT2D eigenvalue weighted by molar-refractivity contribution is 7.89. The van der Waals surface area contributed by atoms with Gasteiger partial charge in [-0.1, -0.05) is 54.1 Å². The van der Waals surface area contributed by atoms with Crippen LogP contribution in [0.1, 0.15) is 21.5 Å². The predicted molar refractivity (Wildman–Crippen MR) is 146 cm³/mol. The van der Waals surface area contributed by atoms with Crippen molar-refractivity contribution in [2.24, 2.45) is 0 Å². The van der Waals surface area contributed by atoms with Gasteiger partial charge in [0.25, 0.3) is 5.91 Å². The molecule has 0 bridgehead atoms. The Morgan fingerprint density at radius 3 is 2.11 bits per heavy atom. The number of rotatable bonds is 9. The predicted octanol–water partition coefficient (Wildman–Crippen LogP) is 6.02. The molecule has 1 amide bonds. The second-order valence-corrected chi connectivity index (χ2v) is 10.8. The summed E-state index contributed by atoms with van der Waals surface area (Å²) in [5, 5.41) is 0.457. The number of para-hydroxylation sites is 1. The number of nitrogens with zero attached hydrogens (tertiary/aromatic N) is 2. The maximum absolute atomic E-state index is 13.6. The van der Waals surface area contributed by atoms with Crippen LogP contribution in [0, 0.1) is 0 Å². The molecule has 4 aromatic rings. The lowest BCUT2D eigenvalue weighted by atomic mass is 10.1. The molecule has 4 aromatic carbocycles. The normalized spacial score (nSPS) is 11.4. The number of carbonyl (C=O) groups is 1. The number of sulfonamides is 1. The first kappa shape index (κ1) is 26.4. The van der Waals surface area contributed by atoms with Crippen molar-refractivity contribution in [1.29, 1.82) is 0 Å². The van der Waals surface area contributed by atoms with Crippen molar-refractivity contribution in [2.45, 2.75) is 18.0 Å². The third-order valence-electron chi connectivity index (χ3n) is 5.95. The molecule has 0 aromatic heterocycles. The van der Waals surface area contributed by atoms with Crippen LogP contribution in [-0.2, 0) is 23.1 Å². The summed E-state index contributed by atoms with van der Waals surface area (Å²) in [5.74, 6) is 0.492. The van der Waals surface area contributed by atoms with E-state index in [1.807, 2.05) is 54.6 Å². The van der Waals surface area contributed by atoms with Gasteiger partial charge in [-0.15, -0.1) is 0 Å². The third kappa shape index (κ3) is 6.38. The quantitative estimate of drug-likeness (QED) is 0.263. The molecule has 0 aliphatic heterocycles. The highest BCUT2D eigenvalue weighted by atomic mass is 35.5. The fourth-order valence-electron chi connectivity index (χ4n) is 3.87. The third-order valence-corrected chi connectivity index (χ3v) is 8.01. The van der Waals surface area contributed by atoms with Gasteiger partial charge in [0.15, 0.2) is 0 Å². The van der Waals surface area contributed by atoms with E-state index in [9.17, 15) is 13.2 Å². The Labute approximate surface area is 222 Å². The summed E-state index contributed by atoms with van der Waals surface area (Å²) in [7, 11) is -0.560. The second kappa shape index (κ2) is 11.6. The van der Waals surface area contributed by atoms with E-state index in [0.29, 0.717) is 16.3 Å². The van der Waals surface area contributed by atoms with E-state index in [2.05, 4.69) is 0 Å². The van der Waals surface area contributed by atoms with E-state index in [0.717, 1.165) is 16.8 Å². The van der Waals surface area contributed by atoms with E-state index in [-0.39, 0.29) is 23.9 Å². The zero-order chi connectivity index (χ0) is 26.4. The van der Waals surface area contributed by atoms with Gasteiger partial charge in [-0.2, -0.15) is 4.31 Å². The first-order valence-corrected chi connectivity index (χ1v) is 13.4. The Kier molecular flexibility index (Phi) is 8.28. The number of anilines is 1. The van der Waals surface area contributed by atoms with Crippen molar-refractivity contribution in [1.82, 2.24) is 4.31 Å². The Morgan fingerprint density at radius 1 is 0.811 bits per heavy atom. The molecule has 4 rings (SSSR count). The van der Waals surface area contributed by atoms with Crippen LogP contribution in [0.2, 0.25) is 5.02 Å². The van der Waals surface area contributed by atoms with Gasteiger partial charge in [0.05, 0.1) is 12.0 Å². The lowest BCUT2D eigenvalue weighted by molar-refractivity contribution is 0.0993. The van der Waals surface area contributed by atoms with Crippen molar-refractivity contribution in [3.63, 3.8) is 0 Å². The topological polar surface area (TPSA) is 66.9 Å². The molecule has 0 radical (unpaired) electrons. The fourth-order valence-corrected chi connectivity index (χ4v) is 5.42. The van der Waals surface area contributed by atoms with Crippen molar-refractivity contribution >= 4 is 33.2 Å². The van der Waals surface area contributed by atoms with Crippen LogP contribution in [0.3, 0.4) is 0 Å². The Bertz CT molecular complexity index is 1460. The van der Waals surface area contributed by atoms with Crippen LogP contribution in [0.15, 0.2) is 108 Å². The van der Waals surface area contributed by atoms with Crippen LogP contribution in [0.4, 0.5) is 5.69 Å². The highest BCUT2D eigenvalue weighted by Crippen LogP contribution is 2.24. The average Bonchev–Trinajstić information content (AvgIpc) is 2.93. The molecule has 0 aliphatic carbocycles. The highest BCUT2D eigenvalue weighted by Gasteiger charge is 2.25. The number of benzene rings is 4. The number of hydrogen-bond donors (Lipinski definition) is 0. The summed E-state index contributed by atoms with van der Waals surface area (Å²) in [6, 6.07) is 29.8. The maximum atomic E-state index is 13.6. The summed E-state index contributed by atoms with van der Waals surface area (Å²) in [6.07, 6.45) is 0. The van der Waals surface area contributed by atoms with Crippen LogP contribution in [0.25, 0.3) is 0 Å². The van der Waals surface area contributed by atoms with E-state index in [4.69, 9.17) is 16.3 Å². The first-order chi connectivity index (χ1) is 17.8. The van der Waals surface area contributed by atoms with E-state index in [1.54, 1.807) is 55.5 Å². The summed E-state index contributed by atoms with van der Waals surface area (Å²) in [6.45, 7) is 0.255. The zero-order valence-electron chi connectivity index (χ0n) is 20.5. The van der Waals surface area contributed by atoms with Crippen molar-refractivity contribution in [3.05, 3.63) is 125 Å². The summed E-state index contributed by atoms with van der Waals surface area (Å²) in [4.78, 5) is 14.7. The van der Waals surface area contributed by atoms with Crippen molar-refractivity contribution < 1.29 is 17.9 Å². The Hall–Kier alpha value is -3.65. The number of carbonyl (C=O) groups excluding carboxylic acids is 1. The molecule has 0 N–H and O–H groups in total. The van der Waals surface area contributed by atoms with Gasteiger partial charge in [-0.3, -0.25) is 4.79 Å². The fraction of sp³-hybridized carbons (Fsp3) is 0.138. The lowest BCUT2D eigenvalue weighted by Gasteiger charge is -2.23. The SMILES string of the molecule is COc1cccc(CN(Cc2ccc(C(=O)N(C)c3ccccc3)cc2)S(=O)(=O)c2ccc(Cl)cc2)c1. The van der Waals surface area contributed by atoms with Gasteiger partial charge in [0, 0.05) is 36.4 Å². The average molecular weight is 535 g/mol. The van der Waals surface area contributed by atoms with Gasteiger partial charge in [0.1, 0.15) is 5.75 Å². The second-order valence-electron chi connectivity index (χ2n) is 8.48. The molecule has 190 valence electrons. The summed E-state index contributed by atoms with van der Waals surface area (Å²) in [5.41, 5.74) is 2.83. The molecular weight excluding hydrogens is 508 g/mol. The number of hydrogen-bond acceptors (Lipinski definition) is 4. The largest absolute Gasteiger partial charge is 0.497 e. The molecule has 0 heterocycles. The van der Waals surface area contributed by atoms with Crippen LogP contribution in [-0.4, -0.2) is 32.8 Å². The minimum atomic E-state index is -3.85.